The van der Waals surface area contributed by atoms with E-state index in [9.17, 15) is 29.8 Å². The van der Waals surface area contributed by atoms with Crippen LogP contribution in [0.5, 0.6) is 5.88 Å². The fourth-order valence-corrected chi connectivity index (χ4v) is 4.38. The molecule has 1 heterocycles. The maximum atomic E-state index is 13.6. The molecule has 0 saturated carbocycles. The van der Waals surface area contributed by atoms with Crippen molar-refractivity contribution in [2.45, 2.75) is 65.1 Å². The van der Waals surface area contributed by atoms with E-state index < -0.39 is 36.0 Å². The molecular weight excluding hydrogens is 488 g/mol. The van der Waals surface area contributed by atoms with Crippen LogP contribution in [-0.4, -0.2) is 42.5 Å². The molecule has 38 heavy (non-hydrogen) atoms. The van der Waals surface area contributed by atoms with Crippen LogP contribution in [0.2, 0.25) is 0 Å². The second-order valence-corrected chi connectivity index (χ2v) is 9.64. The summed E-state index contributed by atoms with van der Waals surface area (Å²) in [7, 11) is 0. The van der Waals surface area contributed by atoms with Crippen LogP contribution in [0, 0.1) is 5.92 Å². The smallest absolute Gasteiger partial charge is 0.351 e. The number of nitrogens with zero attached hydrogens (tertiary/aromatic N) is 3. The predicted molar refractivity (Wildman–Crippen MR) is 142 cm³/mol. The second-order valence-electron chi connectivity index (χ2n) is 9.64. The van der Waals surface area contributed by atoms with Gasteiger partial charge in [-0.15, -0.1) is 0 Å². The van der Waals surface area contributed by atoms with E-state index in [1.807, 2.05) is 50.2 Å². The molecular formula is C28H36N4O6. The monoisotopic (exact) mass is 524 g/mol. The molecule has 4 N–H and O–H groups in total. The normalized spacial score (nSPS) is 11.9. The van der Waals surface area contributed by atoms with Crippen molar-refractivity contribution in [1.29, 1.82) is 0 Å². The number of aliphatic hydroxyl groups excluding tert-OH is 1. The first kappa shape index (κ1) is 28.7. The molecule has 1 atom stereocenters. The standard InChI is InChI=1S/C28H36N4O6/c1-20(2)16-17-25(34)31(23(26(35)29-38)15-9-14-21-10-5-3-6-11-21)32-27(36)24(19-33)30(28(32)37)18-22-12-7-4-8-13-22/h3-8,10-13,20,23,33,36,38H,9,14-19H2,1-2H3,(H,29,35)/t23-/m0/s1. The van der Waals surface area contributed by atoms with E-state index in [0.29, 0.717) is 19.3 Å². The number of benzene rings is 2. The zero-order chi connectivity index (χ0) is 27.7. The fourth-order valence-electron chi connectivity index (χ4n) is 4.38. The number of aryl methyl sites for hydroxylation is 1. The van der Waals surface area contributed by atoms with Gasteiger partial charge in [-0.25, -0.2) is 15.3 Å². The molecule has 0 saturated heterocycles. The number of aromatic hydroxyl groups is 1. The van der Waals surface area contributed by atoms with Crippen molar-refractivity contribution in [1.82, 2.24) is 14.7 Å². The zero-order valence-electron chi connectivity index (χ0n) is 21.8. The maximum absolute atomic E-state index is 13.6. The van der Waals surface area contributed by atoms with Crippen molar-refractivity contribution in [2.24, 2.45) is 5.92 Å². The lowest BCUT2D eigenvalue weighted by Crippen LogP contribution is -2.57. The van der Waals surface area contributed by atoms with Crippen LogP contribution in [0.15, 0.2) is 65.5 Å². The second kappa shape index (κ2) is 13.6. The molecule has 0 aliphatic rings. The molecule has 3 aromatic rings. The van der Waals surface area contributed by atoms with Crippen LogP contribution >= 0.6 is 0 Å². The summed E-state index contributed by atoms with van der Waals surface area (Å²) >= 11 is 0. The number of imidazole rings is 1. The number of amides is 2. The number of aromatic nitrogens is 2. The topological polar surface area (TPSA) is 137 Å². The molecule has 0 aliphatic carbocycles. The van der Waals surface area contributed by atoms with Crippen LogP contribution < -0.4 is 16.2 Å². The molecule has 0 unspecified atom stereocenters. The largest absolute Gasteiger partial charge is 0.492 e. The minimum atomic E-state index is -1.29. The van der Waals surface area contributed by atoms with E-state index in [1.165, 1.54) is 4.57 Å². The zero-order valence-corrected chi connectivity index (χ0v) is 21.8. The molecule has 0 aliphatic heterocycles. The number of rotatable bonds is 13. The van der Waals surface area contributed by atoms with E-state index in [0.717, 1.165) is 20.8 Å². The third kappa shape index (κ3) is 6.90. The van der Waals surface area contributed by atoms with Crippen molar-refractivity contribution in [3.05, 3.63) is 88.0 Å². The van der Waals surface area contributed by atoms with Gasteiger partial charge in [0.2, 0.25) is 11.8 Å². The predicted octanol–water partition coefficient (Wildman–Crippen LogP) is 2.69. The number of nitrogens with one attached hydrogen (secondary N) is 1. The van der Waals surface area contributed by atoms with Gasteiger partial charge in [0.25, 0.3) is 5.91 Å². The van der Waals surface area contributed by atoms with Crippen molar-refractivity contribution in [3.8, 4) is 5.88 Å². The molecule has 3 rings (SSSR count). The minimum absolute atomic E-state index is 0.00969. The first-order valence-electron chi connectivity index (χ1n) is 12.8. The number of carbonyl (C=O) groups is 2. The van der Waals surface area contributed by atoms with Crippen LogP contribution in [0.4, 0.5) is 0 Å². The highest BCUT2D eigenvalue weighted by molar-refractivity contribution is 5.94. The molecule has 0 spiro atoms. The van der Waals surface area contributed by atoms with E-state index in [2.05, 4.69) is 0 Å². The summed E-state index contributed by atoms with van der Waals surface area (Å²) in [5, 5.41) is 31.5. The van der Waals surface area contributed by atoms with Gasteiger partial charge in [-0.3, -0.25) is 19.4 Å². The van der Waals surface area contributed by atoms with Crippen molar-refractivity contribution >= 4 is 11.8 Å². The number of hydrogen-bond donors (Lipinski definition) is 4. The van der Waals surface area contributed by atoms with Gasteiger partial charge >= 0.3 is 5.69 Å². The molecule has 0 bridgehead atoms. The summed E-state index contributed by atoms with van der Waals surface area (Å²) in [6.07, 6.45) is 1.67. The summed E-state index contributed by atoms with van der Waals surface area (Å²) in [5.74, 6) is -1.91. The molecule has 204 valence electrons. The van der Waals surface area contributed by atoms with Crippen LogP contribution in [0.25, 0.3) is 0 Å². The highest BCUT2D eigenvalue weighted by Gasteiger charge is 2.35. The van der Waals surface area contributed by atoms with Crippen molar-refractivity contribution in [2.75, 3.05) is 5.01 Å². The van der Waals surface area contributed by atoms with Gasteiger partial charge in [-0.2, -0.15) is 4.68 Å². The van der Waals surface area contributed by atoms with Gasteiger partial charge < -0.3 is 10.2 Å². The summed E-state index contributed by atoms with van der Waals surface area (Å²) < 4.78 is 1.92. The summed E-state index contributed by atoms with van der Waals surface area (Å²) in [6.45, 7) is 3.26. The number of carbonyl (C=O) groups excluding carboxylic acids is 2. The third-order valence-corrected chi connectivity index (χ3v) is 6.43. The molecule has 2 aromatic carbocycles. The summed E-state index contributed by atoms with van der Waals surface area (Å²) in [5.41, 5.74) is 2.51. The Morgan fingerprint density at radius 2 is 1.58 bits per heavy atom. The van der Waals surface area contributed by atoms with E-state index in [4.69, 9.17) is 0 Å². The Labute approximate surface area is 221 Å². The van der Waals surface area contributed by atoms with Gasteiger partial charge in [0.15, 0.2) is 0 Å². The Balaban J connectivity index is 2.05. The highest BCUT2D eigenvalue weighted by atomic mass is 16.5. The Hall–Kier alpha value is -3.89. The van der Waals surface area contributed by atoms with E-state index >= 15 is 0 Å². The first-order chi connectivity index (χ1) is 18.3. The van der Waals surface area contributed by atoms with Gasteiger partial charge in [0.1, 0.15) is 11.7 Å². The Morgan fingerprint density at radius 1 is 0.974 bits per heavy atom. The molecule has 1 aromatic heterocycles. The van der Waals surface area contributed by atoms with Gasteiger partial charge in [0, 0.05) is 6.42 Å². The molecule has 2 amide bonds. The van der Waals surface area contributed by atoms with Gasteiger partial charge in [-0.05, 0) is 42.7 Å². The van der Waals surface area contributed by atoms with Gasteiger partial charge in [-0.1, -0.05) is 74.5 Å². The lowest BCUT2D eigenvalue weighted by atomic mass is 10.0. The average molecular weight is 525 g/mol. The SMILES string of the molecule is CC(C)CCC(=O)N([C@@H](CCCc1ccccc1)C(=O)NO)n1c(O)c(CO)n(Cc2ccccc2)c1=O. The Kier molecular flexibility index (Phi) is 10.3. The van der Waals surface area contributed by atoms with E-state index in [-0.39, 0.29) is 31.0 Å². The fraction of sp³-hybridized carbons (Fsp3) is 0.393. The molecule has 0 fully saturated rings. The Bertz CT molecular complexity index is 1250. The van der Waals surface area contributed by atoms with Crippen LogP contribution in [-0.2, 0) is 29.2 Å². The molecule has 10 heteroatoms. The summed E-state index contributed by atoms with van der Waals surface area (Å²) in [4.78, 5) is 40.1. The summed E-state index contributed by atoms with van der Waals surface area (Å²) in [6, 6.07) is 17.3. The molecule has 10 nitrogen and oxygen atoms in total. The lowest BCUT2D eigenvalue weighted by Gasteiger charge is -2.30. The minimum Gasteiger partial charge on any atom is -0.492 e. The number of aliphatic hydroxyl groups is 1. The highest BCUT2D eigenvalue weighted by Crippen LogP contribution is 2.22. The van der Waals surface area contributed by atoms with Crippen molar-refractivity contribution < 1.29 is 25.0 Å². The quantitative estimate of drug-likeness (QED) is 0.200. The number of hydroxylamine groups is 1. The average Bonchev–Trinajstić information content (AvgIpc) is 3.15. The van der Waals surface area contributed by atoms with E-state index in [1.54, 1.807) is 29.7 Å². The number of hydrogen-bond acceptors (Lipinski definition) is 6. The van der Waals surface area contributed by atoms with Crippen LogP contribution in [0.3, 0.4) is 0 Å². The van der Waals surface area contributed by atoms with Crippen LogP contribution in [0.1, 0.15) is 56.4 Å². The third-order valence-electron chi connectivity index (χ3n) is 6.43. The van der Waals surface area contributed by atoms with Crippen molar-refractivity contribution in [3.63, 3.8) is 0 Å². The lowest BCUT2D eigenvalue weighted by molar-refractivity contribution is -0.134. The maximum Gasteiger partial charge on any atom is 0.351 e. The van der Waals surface area contributed by atoms with Gasteiger partial charge in [0.05, 0.1) is 13.2 Å². The first-order valence-corrected chi connectivity index (χ1v) is 12.8. The Morgan fingerprint density at radius 3 is 2.13 bits per heavy atom. The molecule has 0 radical (unpaired) electrons.